The monoisotopic (exact) mass is 412 g/mol. The Bertz CT molecular complexity index is 979. The van der Waals surface area contributed by atoms with E-state index < -0.39 is 0 Å². The summed E-state index contributed by atoms with van der Waals surface area (Å²) in [5.41, 5.74) is 2.59. The quantitative estimate of drug-likeness (QED) is 0.507. The summed E-state index contributed by atoms with van der Waals surface area (Å²) in [5.74, 6) is 0. The van der Waals surface area contributed by atoms with E-state index in [1.165, 1.54) is 32.3 Å². The molecule has 0 unspecified atom stereocenters. The lowest BCUT2D eigenvalue weighted by Gasteiger charge is -2.27. The lowest BCUT2D eigenvalue weighted by atomic mass is 9.90. The van der Waals surface area contributed by atoms with E-state index in [9.17, 15) is 0 Å². The van der Waals surface area contributed by atoms with Crippen LogP contribution in [0.15, 0.2) is 66.7 Å². The molecule has 1 aliphatic rings. The van der Waals surface area contributed by atoms with Gasteiger partial charge in [-0.2, -0.15) is 0 Å². The van der Waals surface area contributed by atoms with Gasteiger partial charge in [-0.1, -0.05) is 105 Å². The normalized spacial score (nSPS) is 16.2. The van der Waals surface area contributed by atoms with Gasteiger partial charge in [0.15, 0.2) is 0 Å². The summed E-state index contributed by atoms with van der Waals surface area (Å²) in [5, 5.41) is 5.16. The van der Waals surface area contributed by atoms with E-state index in [0.717, 1.165) is 6.42 Å². The number of benzene rings is 3. The fraction of sp³-hybridized carbons (Fsp3) is 0.100. The first-order valence-electron chi connectivity index (χ1n) is 7.33. The molecule has 3 aromatic carbocycles. The molecule has 0 saturated heterocycles. The average molecular weight is 414 g/mol. The minimum Gasteiger partial charge on any atom is -0.0741 e. The highest BCUT2D eigenvalue weighted by Crippen LogP contribution is 2.44. The Balaban J connectivity index is 2.19. The molecule has 0 heterocycles. The van der Waals surface area contributed by atoms with Crippen molar-refractivity contribution in [3.8, 4) is 0 Å². The van der Waals surface area contributed by atoms with Crippen LogP contribution in [-0.2, 0) is 0 Å². The highest BCUT2D eigenvalue weighted by atomic mass is 79.9. The highest BCUT2D eigenvalue weighted by molar-refractivity contribution is 9.25. The van der Waals surface area contributed by atoms with Gasteiger partial charge in [0.1, 0.15) is 3.23 Å². The van der Waals surface area contributed by atoms with Gasteiger partial charge in [-0.15, -0.1) is 0 Å². The molecule has 0 aromatic heterocycles. The minimum absolute atomic E-state index is 0.224. The SMILES string of the molecule is BrC1(Br)CC=c2ccccc2=C1c1cccc2ccccc12. The largest absolute Gasteiger partial charge is 0.110 e. The number of halogens is 2. The zero-order valence-electron chi connectivity index (χ0n) is 11.9. The van der Waals surface area contributed by atoms with Crippen molar-refractivity contribution in [1.82, 2.24) is 0 Å². The van der Waals surface area contributed by atoms with Gasteiger partial charge >= 0.3 is 0 Å². The molecule has 0 fully saturated rings. The maximum absolute atomic E-state index is 3.90. The van der Waals surface area contributed by atoms with Crippen molar-refractivity contribution in [2.45, 2.75) is 9.65 Å². The lowest BCUT2D eigenvalue weighted by molar-refractivity contribution is 1.07. The highest BCUT2D eigenvalue weighted by Gasteiger charge is 2.31. The van der Waals surface area contributed by atoms with Gasteiger partial charge in [0.05, 0.1) is 0 Å². The molecule has 2 heteroatoms. The Kier molecular flexibility index (Phi) is 3.47. The van der Waals surface area contributed by atoms with Crippen LogP contribution in [0.2, 0.25) is 0 Å². The van der Waals surface area contributed by atoms with Crippen LogP contribution in [-0.4, -0.2) is 3.23 Å². The van der Waals surface area contributed by atoms with Crippen molar-refractivity contribution in [1.29, 1.82) is 0 Å². The summed E-state index contributed by atoms with van der Waals surface area (Å²) in [7, 11) is 0. The van der Waals surface area contributed by atoms with Crippen LogP contribution in [0.4, 0.5) is 0 Å². The minimum atomic E-state index is -0.224. The van der Waals surface area contributed by atoms with Crippen molar-refractivity contribution in [3.63, 3.8) is 0 Å². The van der Waals surface area contributed by atoms with E-state index in [0.29, 0.717) is 0 Å². The molecule has 108 valence electrons. The Morgan fingerprint density at radius 1 is 0.773 bits per heavy atom. The topological polar surface area (TPSA) is 0 Å². The summed E-state index contributed by atoms with van der Waals surface area (Å²) >= 11 is 7.80. The average Bonchev–Trinajstić information content (AvgIpc) is 2.54. The van der Waals surface area contributed by atoms with Crippen LogP contribution < -0.4 is 10.4 Å². The third kappa shape index (κ3) is 2.26. The zero-order chi connectivity index (χ0) is 15.2. The molecule has 0 saturated carbocycles. The van der Waals surface area contributed by atoms with Gasteiger partial charge in [-0.05, 0) is 38.8 Å². The number of hydrogen-bond acceptors (Lipinski definition) is 0. The Morgan fingerprint density at radius 2 is 1.50 bits per heavy atom. The van der Waals surface area contributed by atoms with Crippen LogP contribution in [0.5, 0.6) is 0 Å². The number of rotatable bonds is 1. The van der Waals surface area contributed by atoms with E-state index >= 15 is 0 Å². The van der Waals surface area contributed by atoms with E-state index in [2.05, 4.69) is 105 Å². The van der Waals surface area contributed by atoms with Crippen LogP contribution in [0.1, 0.15) is 12.0 Å². The van der Waals surface area contributed by atoms with E-state index in [4.69, 9.17) is 0 Å². The molecule has 0 aliphatic heterocycles. The molecule has 0 atom stereocenters. The molecule has 0 bridgehead atoms. The van der Waals surface area contributed by atoms with E-state index in [-0.39, 0.29) is 3.23 Å². The first-order chi connectivity index (χ1) is 10.7. The molecule has 22 heavy (non-hydrogen) atoms. The molecule has 3 aromatic rings. The van der Waals surface area contributed by atoms with Crippen molar-refractivity contribution in [3.05, 3.63) is 82.7 Å². The van der Waals surface area contributed by atoms with Crippen molar-refractivity contribution >= 4 is 54.3 Å². The Morgan fingerprint density at radius 3 is 2.41 bits per heavy atom. The van der Waals surface area contributed by atoms with Crippen molar-refractivity contribution in [2.75, 3.05) is 0 Å². The predicted molar refractivity (Wildman–Crippen MR) is 102 cm³/mol. The lowest BCUT2D eigenvalue weighted by Crippen LogP contribution is -2.36. The summed E-state index contributed by atoms with van der Waals surface area (Å²) in [4.78, 5) is 0. The first-order valence-corrected chi connectivity index (χ1v) is 8.91. The van der Waals surface area contributed by atoms with Gasteiger partial charge in [0.2, 0.25) is 0 Å². The predicted octanol–water partition coefficient (Wildman–Crippen LogP) is 4.71. The third-order valence-electron chi connectivity index (χ3n) is 4.23. The van der Waals surface area contributed by atoms with Crippen LogP contribution in [0.25, 0.3) is 22.4 Å². The summed E-state index contributed by atoms with van der Waals surface area (Å²) in [6.07, 6.45) is 3.20. The van der Waals surface area contributed by atoms with Gasteiger partial charge in [-0.25, -0.2) is 0 Å². The van der Waals surface area contributed by atoms with Crippen LogP contribution in [0, 0.1) is 0 Å². The summed E-state index contributed by atoms with van der Waals surface area (Å²) < 4.78 is -0.224. The molecule has 1 aliphatic carbocycles. The number of alkyl halides is 2. The molecular weight excluding hydrogens is 400 g/mol. The zero-order valence-corrected chi connectivity index (χ0v) is 15.1. The number of fused-ring (bicyclic) bond motifs is 2. The molecular formula is C20H14Br2. The van der Waals surface area contributed by atoms with Crippen LogP contribution in [0.3, 0.4) is 0 Å². The maximum Gasteiger partial charge on any atom is 0.110 e. The second kappa shape index (κ2) is 5.36. The van der Waals surface area contributed by atoms with Crippen molar-refractivity contribution < 1.29 is 0 Å². The molecule has 0 N–H and O–H groups in total. The Hall–Kier alpha value is -1.38. The standard InChI is InChI=1S/C20H14Br2/c21-20(22)13-12-15-7-2-4-10-17(15)19(20)18-11-5-8-14-6-1-3-9-16(14)18/h1-12H,13H2. The van der Waals surface area contributed by atoms with Gasteiger partial charge in [0.25, 0.3) is 0 Å². The molecule has 0 radical (unpaired) electrons. The first kappa shape index (κ1) is 14.2. The Labute approximate surface area is 146 Å². The molecule has 4 rings (SSSR count). The smallest absolute Gasteiger partial charge is 0.0741 e. The molecule has 0 nitrogen and oxygen atoms in total. The number of hydrogen-bond donors (Lipinski definition) is 0. The van der Waals surface area contributed by atoms with E-state index in [1.54, 1.807) is 0 Å². The van der Waals surface area contributed by atoms with Crippen LogP contribution >= 0.6 is 31.9 Å². The van der Waals surface area contributed by atoms with Gasteiger partial charge < -0.3 is 0 Å². The summed E-state index contributed by atoms with van der Waals surface area (Å²) in [6, 6.07) is 23.7. The second-order valence-electron chi connectivity index (χ2n) is 5.60. The molecule has 0 amide bonds. The maximum atomic E-state index is 3.90. The third-order valence-corrected chi connectivity index (χ3v) is 5.67. The van der Waals surface area contributed by atoms with Gasteiger partial charge in [-0.3, -0.25) is 0 Å². The van der Waals surface area contributed by atoms with Gasteiger partial charge in [0, 0.05) is 0 Å². The molecule has 0 spiro atoms. The fourth-order valence-electron chi connectivity index (χ4n) is 3.23. The van der Waals surface area contributed by atoms with E-state index in [1.807, 2.05) is 0 Å². The second-order valence-corrected chi connectivity index (χ2v) is 9.37. The summed E-state index contributed by atoms with van der Waals surface area (Å²) in [6.45, 7) is 0. The fourth-order valence-corrected chi connectivity index (χ4v) is 4.40. The van der Waals surface area contributed by atoms with Crippen molar-refractivity contribution in [2.24, 2.45) is 0 Å².